The van der Waals surface area contributed by atoms with Gasteiger partial charge in [0.2, 0.25) is 64.6 Å². The van der Waals surface area contributed by atoms with Gasteiger partial charge in [-0.15, -0.1) is 0 Å². The summed E-state index contributed by atoms with van der Waals surface area (Å²) in [6.07, 6.45) is 12.9. The van der Waals surface area contributed by atoms with E-state index >= 15 is 0 Å². The van der Waals surface area contributed by atoms with Crippen LogP contribution in [0.2, 0.25) is 0 Å². The first-order valence-corrected chi connectivity index (χ1v) is 54.3. The zero-order valence-corrected chi connectivity index (χ0v) is 92.3. The Morgan fingerprint density at radius 1 is 0.396 bits per heavy atom. The first kappa shape index (κ1) is 115. The van der Waals surface area contributed by atoms with Crippen molar-refractivity contribution in [2.24, 2.45) is 113 Å². The van der Waals surface area contributed by atoms with E-state index in [4.69, 9.17) is 11.5 Å². The van der Waals surface area contributed by atoms with Gasteiger partial charge in [0.05, 0.1) is 36.3 Å². The third-order valence-corrected chi connectivity index (χ3v) is 34.8. The van der Waals surface area contributed by atoms with E-state index in [2.05, 4.69) is 80.9 Å². The predicted molar refractivity (Wildman–Crippen MR) is 557 cm³/mol. The van der Waals surface area contributed by atoms with Crippen LogP contribution in [-0.4, -0.2) is 259 Å². The van der Waals surface area contributed by atoms with Gasteiger partial charge >= 0.3 is 18.1 Å². The summed E-state index contributed by atoms with van der Waals surface area (Å²) in [7, 11) is 0. The third kappa shape index (κ3) is 26.1. The standard InChI is InChI=1S/C40H58N6O6.C37H54N6O6.C35H56N6O7/c1-7-13-28(33(47)35(49)41-25-18-19-25)42-34(48)32-30-27(40(30,5)6)21-46(32)37(51)31(23-14-9-8-10-15-23)44-38(52)43-29(39(2,3)4)22-45-20-24-16-11-12-17-26(24)36(45)50;1-35(2,3)25(19-42-17-21-14-9-10-15-22(21)32(42)47)40-34(49)41-29(36(4,5)6)33(48)43-18-23-26(37(23,7)8)27(43)31(46)39-24(28(44)30(38)45)16-20-12-11-13-20;1-32(2,3)21(17-40-22(42)14-34(7,8)15-23(40)43)38-31(48)39-27(33(4,5)6)30(47)41-16-19-24(35(19,9)10)25(41)29(46)37-20(13-18-11-12-18)26(44)28(36)45/h11-12,16-17,23,25,27-32H,7-10,13-15,18-22H2,1-6H3,(H,41,49)(H,42,48)(H2,43,44,52);9-10,14-15,20,23-27,29H,11-13,16-19H2,1-8H3,(H2,38,45)(H,39,46)(H2,40,41,49);18-21,24-25,27H,11-17H2,1-10H3,(H2,36,45)(H,37,46)(H2,38,39,48)/t27-,28?,29+,30-,31-,32-;23-,24?,25+,26-,27-,29+;19-,20?,21+,24-,25-,27+/m000/s1. The molecular weight excluding hydrogens is 1900 g/mol. The number of Topliss-reactive ketones (excluding diaryl/α,β-unsaturated/α-hetero) is 3. The predicted octanol–water partition coefficient (Wildman–Crippen LogP) is 9.02. The van der Waals surface area contributed by atoms with Crippen LogP contribution >= 0.6 is 0 Å². The smallest absolute Gasteiger partial charge is 0.315 e. The van der Waals surface area contributed by atoms with E-state index in [1.54, 1.807) is 19.6 Å². The first-order valence-electron chi connectivity index (χ1n) is 54.3. The molecule has 0 aromatic heterocycles. The number of nitrogens with zero attached hydrogens (tertiary/aromatic N) is 6. The molecule has 19 amide bonds. The fraction of sp³-hybridized carbons (Fsp3) is 0.723. The summed E-state index contributed by atoms with van der Waals surface area (Å²) in [5.41, 5.74) is 10.1. The SMILES string of the molecule is CC(C)(C)[C@H](NC(=O)N[C@H](CN1Cc2ccccc2C1=O)C(C)(C)C)C(=O)N1C[C@H]2[C@@H]([C@H]1C(=O)NC(CC1CCC1)C(=O)C(N)=O)C2(C)C.CC1(C)CC(=O)N(C[C@@H](NC(=O)N[C@H](C(=O)N2C[C@H]3[C@@H]([C@H]2C(=O)NC(CC2CC2)C(=O)C(N)=O)C3(C)C)C(C)(C)C)C(C)(C)C)C(=O)C1.CCCC(NC(=O)[C@@H]1[C@@H]2[C@H](CN1C(=O)[C@@H](NC(=O)N[C@H](CN1Cc3ccccc3C1=O)C(C)(C)C)C1CCCCC1)C2(C)C)C(=O)C(=O)NC1CC1. The molecule has 7 aliphatic carbocycles. The zero-order valence-electron chi connectivity index (χ0n) is 92.3. The highest BCUT2D eigenvalue weighted by Crippen LogP contribution is 2.67. The molecule has 15 rings (SSSR count). The molecule has 3 unspecified atom stereocenters. The molecule has 0 bridgehead atoms. The molecule has 149 heavy (non-hydrogen) atoms. The molecule has 4 saturated heterocycles. The fourth-order valence-electron chi connectivity index (χ4n) is 24.2. The first-order chi connectivity index (χ1) is 69.2. The third-order valence-electron chi connectivity index (χ3n) is 34.8. The number of primary amides is 2. The van der Waals surface area contributed by atoms with E-state index in [1.807, 2.05) is 187 Å². The van der Waals surface area contributed by atoms with Crippen molar-refractivity contribution in [2.45, 2.75) is 373 Å². The number of benzene rings is 2. The van der Waals surface area contributed by atoms with Crippen molar-refractivity contribution in [3.63, 3.8) is 0 Å². The molecule has 7 saturated carbocycles. The van der Waals surface area contributed by atoms with Gasteiger partial charge in [0, 0.05) is 82.4 Å². The monoisotopic (exact) mass is 2070 g/mol. The Balaban J connectivity index is 0.000000187. The van der Waals surface area contributed by atoms with Crippen molar-refractivity contribution in [3.05, 3.63) is 70.8 Å². The van der Waals surface area contributed by atoms with Crippen LogP contribution in [0.25, 0.3) is 0 Å². The van der Waals surface area contributed by atoms with Crippen LogP contribution < -0.4 is 64.6 Å². The highest BCUT2D eigenvalue weighted by atomic mass is 16.2. The highest BCUT2D eigenvalue weighted by Gasteiger charge is 2.73. The summed E-state index contributed by atoms with van der Waals surface area (Å²) < 4.78 is 0. The molecule has 2 aromatic carbocycles. The second-order valence-electron chi connectivity index (χ2n) is 53.1. The maximum Gasteiger partial charge on any atom is 0.315 e. The molecule has 0 radical (unpaired) electrons. The van der Waals surface area contributed by atoms with Crippen molar-refractivity contribution in [3.8, 4) is 0 Å². The number of ketones is 3. The minimum Gasteiger partial charge on any atom is -0.363 e. The molecule has 37 heteroatoms. The molecular formula is C112H168N18O19. The lowest BCUT2D eigenvalue weighted by molar-refractivity contribution is -0.153. The summed E-state index contributed by atoms with van der Waals surface area (Å²) in [4.78, 5) is 263. The Morgan fingerprint density at radius 2 is 0.752 bits per heavy atom. The molecule has 14 N–H and O–H groups in total. The second kappa shape index (κ2) is 43.7. The van der Waals surface area contributed by atoms with E-state index < -0.39 is 182 Å². The molecule has 37 nitrogen and oxygen atoms in total. The Kier molecular flexibility index (Phi) is 33.7. The maximum atomic E-state index is 14.7. The van der Waals surface area contributed by atoms with E-state index in [-0.39, 0.29) is 137 Å². The van der Waals surface area contributed by atoms with E-state index in [9.17, 15) is 91.1 Å². The maximum absolute atomic E-state index is 14.7. The summed E-state index contributed by atoms with van der Waals surface area (Å²) in [6, 6.07) is 3.42. The topological polar surface area (TPSA) is 516 Å². The zero-order chi connectivity index (χ0) is 110. The number of nitrogens with one attached hydrogen (secondary N) is 10. The number of piperidine rings is 4. The second-order valence-corrected chi connectivity index (χ2v) is 53.1. The minimum atomic E-state index is -1.11. The van der Waals surface area contributed by atoms with Crippen LogP contribution in [0.5, 0.6) is 0 Å². The van der Waals surface area contributed by atoms with E-state index in [1.165, 1.54) is 9.80 Å². The van der Waals surface area contributed by atoms with Crippen LogP contribution in [0.3, 0.4) is 0 Å². The molecule has 2 aromatic rings. The van der Waals surface area contributed by atoms with Gasteiger partial charge in [-0.3, -0.25) is 81.6 Å². The quantitative estimate of drug-likeness (QED) is 0.0226. The molecule has 13 aliphatic rings. The summed E-state index contributed by atoms with van der Waals surface area (Å²) in [5.74, 6) is -8.24. The molecule has 6 aliphatic heterocycles. The number of fused-ring (bicyclic) bond motifs is 5. The lowest BCUT2D eigenvalue weighted by Crippen LogP contribution is -2.63. The summed E-state index contributed by atoms with van der Waals surface area (Å²) in [5, 5.41) is 29.1. The van der Waals surface area contributed by atoms with Gasteiger partial charge in [0.25, 0.3) is 29.5 Å². The van der Waals surface area contributed by atoms with Crippen molar-refractivity contribution in [1.29, 1.82) is 0 Å². The number of nitrogens with two attached hydrogens (primary N) is 2. The number of hydrogen-bond acceptors (Lipinski definition) is 19. The molecule has 11 fully saturated rings. The van der Waals surface area contributed by atoms with Gasteiger partial charge in [-0.2, -0.15) is 0 Å². The van der Waals surface area contributed by atoms with Gasteiger partial charge < -0.3 is 89.1 Å². The number of likely N-dealkylation sites (tertiary alicyclic amines) is 4. The number of urea groups is 3. The lowest BCUT2D eigenvalue weighted by Gasteiger charge is -2.40. The van der Waals surface area contributed by atoms with Crippen LogP contribution in [0.4, 0.5) is 14.4 Å². The number of imide groups is 1. The lowest BCUT2D eigenvalue weighted by atomic mass is 9.80. The molecule has 820 valence electrons. The highest BCUT2D eigenvalue weighted by molar-refractivity contribution is 6.39. The van der Waals surface area contributed by atoms with Crippen LogP contribution in [0.1, 0.15) is 314 Å². The largest absolute Gasteiger partial charge is 0.363 e. The van der Waals surface area contributed by atoms with Gasteiger partial charge in [0.1, 0.15) is 36.3 Å². The molecule has 0 spiro atoms. The summed E-state index contributed by atoms with van der Waals surface area (Å²) in [6.45, 7) is 49.3. The van der Waals surface area contributed by atoms with Crippen molar-refractivity contribution in [1.82, 2.24) is 82.6 Å². The van der Waals surface area contributed by atoms with Gasteiger partial charge in [0.15, 0.2) is 0 Å². The van der Waals surface area contributed by atoms with Gasteiger partial charge in [-0.05, 0) is 170 Å². The van der Waals surface area contributed by atoms with E-state index in [0.29, 0.717) is 76.1 Å². The minimum absolute atomic E-state index is 0.00232. The Labute approximate surface area is 878 Å². The Hall–Kier alpha value is -11.4. The normalized spacial score (nSPS) is 25.5. The van der Waals surface area contributed by atoms with Crippen molar-refractivity contribution < 1.29 is 91.1 Å². The average molecular weight is 2070 g/mol. The summed E-state index contributed by atoms with van der Waals surface area (Å²) >= 11 is 0. The molecule has 6 heterocycles. The van der Waals surface area contributed by atoms with Crippen LogP contribution in [-0.2, 0) is 80.2 Å². The van der Waals surface area contributed by atoms with Crippen LogP contribution in [0, 0.1) is 102 Å². The fourth-order valence-corrected chi connectivity index (χ4v) is 24.2. The number of hydrogen-bond donors (Lipinski definition) is 12. The number of rotatable bonds is 35. The average Bonchev–Trinajstić information content (AvgIpc) is 1.53. The van der Waals surface area contributed by atoms with Gasteiger partial charge in [-0.1, -0.05) is 260 Å². The number of carbonyl (C=O) groups is 19. The molecule has 18 atom stereocenters. The van der Waals surface area contributed by atoms with Crippen molar-refractivity contribution in [2.75, 3.05) is 39.3 Å². The Morgan fingerprint density at radius 3 is 1.09 bits per heavy atom. The Bertz CT molecular complexity index is 5500. The van der Waals surface area contributed by atoms with E-state index in [0.717, 1.165) is 88.2 Å². The van der Waals surface area contributed by atoms with Crippen molar-refractivity contribution >= 4 is 112 Å². The van der Waals surface area contributed by atoms with Crippen LogP contribution in [0.15, 0.2) is 48.5 Å². The van der Waals surface area contributed by atoms with Gasteiger partial charge in [-0.25, -0.2) is 14.4 Å². The number of carbonyl (C=O) groups excluding carboxylic acids is 19. The number of amides is 19.